The van der Waals surface area contributed by atoms with Crippen LogP contribution in [0.3, 0.4) is 0 Å². The van der Waals surface area contributed by atoms with Crippen molar-refractivity contribution in [3.8, 4) is 0 Å². The summed E-state index contributed by atoms with van der Waals surface area (Å²) in [7, 11) is 0. The van der Waals surface area contributed by atoms with Gasteiger partial charge in [-0.2, -0.15) is 0 Å². The first-order valence-corrected chi connectivity index (χ1v) is 3.44. The first-order chi connectivity index (χ1) is 4.41. The minimum Gasteiger partial charge on any atom is -0.0930 e. The van der Waals surface area contributed by atoms with Gasteiger partial charge in [-0.15, -0.1) is 0 Å². The number of hydrogen-bond acceptors (Lipinski definition) is 0. The molecule has 0 aromatic heterocycles. The van der Waals surface area contributed by atoms with E-state index in [0.29, 0.717) is 0 Å². The zero-order chi connectivity index (χ0) is 6.95. The lowest BCUT2D eigenvalue weighted by Gasteiger charge is -1.72. The molecule has 0 fully saturated rings. The molecule has 0 bridgehead atoms. The quantitative estimate of drug-likeness (QED) is 0.531. The smallest absolute Gasteiger partial charge is 0.00424 e. The van der Waals surface area contributed by atoms with Crippen molar-refractivity contribution in [2.45, 2.75) is 13.3 Å². The van der Waals surface area contributed by atoms with Gasteiger partial charge in [-0.05, 0) is 6.42 Å². The van der Waals surface area contributed by atoms with E-state index in [4.69, 9.17) is 11.6 Å². The molecule has 0 aliphatic carbocycles. The van der Waals surface area contributed by atoms with E-state index in [9.17, 15) is 0 Å². The Balaban J connectivity index is 3.35. The first kappa shape index (κ1) is 8.51. The van der Waals surface area contributed by atoms with Gasteiger partial charge in [-0.3, -0.25) is 0 Å². The van der Waals surface area contributed by atoms with Gasteiger partial charge >= 0.3 is 0 Å². The molecular formula is C8H11Cl. The van der Waals surface area contributed by atoms with E-state index in [1.54, 1.807) is 6.08 Å². The molecule has 0 nitrogen and oxygen atoms in total. The summed E-state index contributed by atoms with van der Waals surface area (Å²) in [5, 5.41) is 0. The van der Waals surface area contributed by atoms with Gasteiger partial charge in [0, 0.05) is 5.54 Å². The second-order valence-corrected chi connectivity index (χ2v) is 1.79. The average molecular weight is 143 g/mol. The van der Waals surface area contributed by atoms with Crippen molar-refractivity contribution in [2.75, 3.05) is 0 Å². The molecule has 0 radical (unpaired) electrons. The molecule has 9 heavy (non-hydrogen) atoms. The van der Waals surface area contributed by atoms with Crippen LogP contribution in [0.25, 0.3) is 0 Å². The minimum atomic E-state index is 1.08. The van der Waals surface area contributed by atoms with Crippen LogP contribution in [0.5, 0.6) is 0 Å². The molecule has 0 aliphatic heterocycles. The van der Waals surface area contributed by atoms with Gasteiger partial charge in [0.1, 0.15) is 0 Å². The van der Waals surface area contributed by atoms with Crippen LogP contribution in [-0.4, -0.2) is 0 Å². The monoisotopic (exact) mass is 142 g/mol. The summed E-state index contributed by atoms with van der Waals surface area (Å²) in [5.74, 6) is 0. The van der Waals surface area contributed by atoms with Gasteiger partial charge in [0.05, 0.1) is 0 Å². The maximum atomic E-state index is 5.26. The van der Waals surface area contributed by atoms with Crippen LogP contribution in [0, 0.1) is 0 Å². The summed E-state index contributed by atoms with van der Waals surface area (Å²) in [6.45, 7) is 2.10. The van der Waals surface area contributed by atoms with Crippen molar-refractivity contribution in [2.24, 2.45) is 0 Å². The van der Waals surface area contributed by atoms with Crippen LogP contribution in [-0.2, 0) is 0 Å². The van der Waals surface area contributed by atoms with Crippen molar-refractivity contribution in [3.05, 3.63) is 35.9 Å². The van der Waals surface area contributed by atoms with E-state index in [0.717, 1.165) is 6.42 Å². The third-order valence-electron chi connectivity index (χ3n) is 0.778. The summed E-state index contributed by atoms with van der Waals surface area (Å²) < 4.78 is 0. The van der Waals surface area contributed by atoms with E-state index in [-0.39, 0.29) is 0 Å². The Morgan fingerprint density at radius 3 is 2.33 bits per heavy atom. The topological polar surface area (TPSA) is 0 Å². The Morgan fingerprint density at radius 2 is 1.78 bits per heavy atom. The molecule has 0 spiro atoms. The van der Waals surface area contributed by atoms with Gasteiger partial charge in [-0.1, -0.05) is 48.9 Å². The highest BCUT2D eigenvalue weighted by molar-refractivity contribution is 6.25. The zero-order valence-electron chi connectivity index (χ0n) is 5.55. The molecule has 0 rings (SSSR count). The van der Waals surface area contributed by atoms with Gasteiger partial charge in [-0.25, -0.2) is 0 Å². The Kier molecular flexibility index (Phi) is 7.10. The van der Waals surface area contributed by atoms with Gasteiger partial charge in [0.2, 0.25) is 0 Å². The van der Waals surface area contributed by atoms with Crippen LogP contribution >= 0.6 is 11.6 Å². The molecule has 0 N–H and O–H groups in total. The molecule has 1 heteroatoms. The lowest BCUT2D eigenvalue weighted by Crippen LogP contribution is -1.50. The number of halogens is 1. The van der Waals surface area contributed by atoms with Gasteiger partial charge < -0.3 is 0 Å². The summed E-state index contributed by atoms with van der Waals surface area (Å²) in [6, 6.07) is 0. The van der Waals surface area contributed by atoms with Gasteiger partial charge in [0.25, 0.3) is 0 Å². The highest BCUT2D eigenvalue weighted by atomic mass is 35.5. The lowest BCUT2D eigenvalue weighted by molar-refractivity contribution is 1.22. The third kappa shape index (κ3) is 7.51. The fourth-order valence-corrected chi connectivity index (χ4v) is 0.469. The summed E-state index contributed by atoms with van der Waals surface area (Å²) >= 11 is 5.26. The lowest BCUT2D eigenvalue weighted by atomic mass is 10.4. The molecule has 0 atom stereocenters. The third-order valence-corrected chi connectivity index (χ3v) is 0.923. The second kappa shape index (κ2) is 7.51. The molecule has 0 aliphatic rings. The van der Waals surface area contributed by atoms with Crippen LogP contribution in [0.15, 0.2) is 35.9 Å². The Morgan fingerprint density at radius 1 is 1.11 bits per heavy atom. The maximum absolute atomic E-state index is 5.26. The van der Waals surface area contributed by atoms with Crippen molar-refractivity contribution in [1.29, 1.82) is 0 Å². The van der Waals surface area contributed by atoms with Crippen molar-refractivity contribution >= 4 is 11.6 Å². The van der Waals surface area contributed by atoms with E-state index < -0.39 is 0 Å². The maximum Gasteiger partial charge on any atom is 0.00424 e. The molecule has 0 saturated carbocycles. The van der Waals surface area contributed by atoms with Crippen LogP contribution in [0.1, 0.15) is 13.3 Å². The second-order valence-electron chi connectivity index (χ2n) is 1.54. The van der Waals surface area contributed by atoms with Crippen molar-refractivity contribution in [3.63, 3.8) is 0 Å². The number of hydrogen-bond donors (Lipinski definition) is 0. The fourth-order valence-electron chi connectivity index (χ4n) is 0.385. The highest BCUT2D eigenvalue weighted by Crippen LogP contribution is 1.84. The zero-order valence-corrected chi connectivity index (χ0v) is 6.31. The Bertz CT molecular complexity index is 121. The highest BCUT2D eigenvalue weighted by Gasteiger charge is 1.60. The van der Waals surface area contributed by atoms with E-state index in [1.165, 1.54) is 5.54 Å². The number of rotatable bonds is 3. The summed E-state index contributed by atoms with van der Waals surface area (Å²) in [5.41, 5.74) is 1.48. The summed E-state index contributed by atoms with van der Waals surface area (Å²) in [4.78, 5) is 0. The average Bonchev–Trinajstić information content (AvgIpc) is 1.89. The molecule has 0 aromatic carbocycles. The number of allylic oxidation sites excluding steroid dienone is 5. The summed E-state index contributed by atoms with van der Waals surface area (Å²) in [6.07, 6.45) is 10.8. The van der Waals surface area contributed by atoms with E-state index in [1.807, 2.05) is 18.2 Å². The fraction of sp³-hybridized carbons (Fsp3) is 0.250. The SMILES string of the molecule is CC/C=C/C=C\C=C\Cl. The molecule has 50 valence electrons. The Hall–Kier alpha value is -0.490. The van der Waals surface area contributed by atoms with Crippen LogP contribution < -0.4 is 0 Å². The van der Waals surface area contributed by atoms with Crippen LogP contribution in [0.4, 0.5) is 0 Å². The largest absolute Gasteiger partial charge is 0.0930 e. The van der Waals surface area contributed by atoms with Crippen molar-refractivity contribution < 1.29 is 0 Å². The standard InChI is InChI=1S/C8H11Cl/c1-2-3-4-5-6-7-8-9/h3-8H,2H2,1H3/b4-3+,6-5-,8-7+. The predicted molar refractivity (Wildman–Crippen MR) is 43.6 cm³/mol. The van der Waals surface area contributed by atoms with Crippen LogP contribution in [0.2, 0.25) is 0 Å². The molecule has 0 aromatic rings. The normalized spacial score (nSPS) is 12.7. The molecule has 0 unspecified atom stereocenters. The predicted octanol–water partition coefficient (Wildman–Crippen LogP) is 3.26. The Labute approximate surface area is 61.5 Å². The minimum absolute atomic E-state index is 1.08. The van der Waals surface area contributed by atoms with E-state index in [2.05, 4.69) is 13.0 Å². The van der Waals surface area contributed by atoms with Gasteiger partial charge in [0.15, 0.2) is 0 Å². The van der Waals surface area contributed by atoms with Crippen molar-refractivity contribution in [1.82, 2.24) is 0 Å². The molecule has 0 saturated heterocycles. The van der Waals surface area contributed by atoms with E-state index >= 15 is 0 Å². The molecule has 0 heterocycles. The molecule has 0 amide bonds. The first-order valence-electron chi connectivity index (χ1n) is 3.00. The molecular weight excluding hydrogens is 132 g/mol.